The van der Waals surface area contributed by atoms with Crippen LogP contribution in [-0.2, 0) is 18.4 Å². The standard InChI is InChI=1S/C27H23F3N6O2/c1-33-23-15-31-13-19(20(23)14-32-33)17-8-10-18(11-9-17)36-22-6-3-2-5-21(22)35(26(36)38)16-25(37)34-12-4-7-24(34)27(28,29)30/h2-3,5-6,8-11,13-15,24H,4,7,12,16H2,1H3/t24-/m0/s1. The van der Waals surface area contributed by atoms with Crippen molar-refractivity contribution < 1.29 is 18.0 Å². The minimum Gasteiger partial charge on any atom is -0.329 e. The molecule has 5 aromatic rings. The number of para-hydroxylation sites is 2. The maximum absolute atomic E-state index is 13.6. The Morgan fingerprint density at radius 2 is 1.74 bits per heavy atom. The predicted octanol–water partition coefficient (Wildman–Crippen LogP) is 4.29. The second kappa shape index (κ2) is 8.86. The number of hydrogen-bond donors (Lipinski definition) is 0. The van der Waals surface area contributed by atoms with Crippen molar-refractivity contribution in [1.29, 1.82) is 0 Å². The number of aryl methyl sites for hydroxylation is 1. The topological polar surface area (TPSA) is 78.0 Å². The first kappa shape index (κ1) is 24.0. The Morgan fingerprint density at radius 3 is 2.47 bits per heavy atom. The molecule has 1 aliphatic heterocycles. The fourth-order valence-electron chi connectivity index (χ4n) is 5.32. The summed E-state index contributed by atoms with van der Waals surface area (Å²) in [4.78, 5) is 31.7. The van der Waals surface area contributed by atoms with Crippen LogP contribution in [0, 0.1) is 0 Å². The number of aromatic nitrogens is 5. The maximum Gasteiger partial charge on any atom is 0.408 e. The van der Waals surface area contributed by atoms with E-state index < -0.39 is 30.4 Å². The summed E-state index contributed by atoms with van der Waals surface area (Å²) < 4.78 is 44.8. The molecule has 1 aliphatic rings. The van der Waals surface area contributed by atoms with Crippen molar-refractivity contribution in [3.8, 4) is 16.8 Å². The molecule has 1 amide bonds. The monoisotopic (exact) mass is 520 g/mol. The number of imidazole rings is 1. The van der Waals surface area contributed by atoms with Gasteiger partial charge < -0.3 is 4.90 Å². The molecule has 8 nitrogen and oxygen atoms in total. The van der Waals surface area contributed by atoms with E-state index in [4.69, 9.17) is 0 Å². The first-order valence-corrected chi connectivity index (χ1v) is 12.2. The number of hydrogen-bond acceptors (Lipinski definition) is 4. The van der Waals surface area contributed by atoms with Gasteiger partial charge in [-0.05, 0) is 42.7 Å². The fraction of sp³-hybridized carbons (Fsp3) is 0.259. The van der Waals surface area contributed by atoms with Gasteiger partial charge in [-0.2, -0.15) is 18.3 Å². The quantitative estimate of drug-likeness (QED) is 0.354. The molecular weight excluding hydrogens is 497 g/mol. The van der Waals surface area contributed by atoms with Crippen LogP contribution in [-0.4, -0.2) is 53.5 Å². The lowest BCUT2D eigenvalue weighted by molar-refractivity contribution is -0.182. The Hall–Kier alpha value is -4.41. The van der Waals surface area contributed by atoms with E-state index in [-0.39, 0.29) is 19.4 Å². The Balaban J connectivity index is 1.37. The zero-order valence-corrected chi connectivity index (χ0v) is 20.4. The highest BCUT2D eigenvalue weighted by molar-refractivity contribution is 5.93. The van der Waals surface area contributed by atoms with Crippen LogP contribution in [0.4, 0.5) is 13.2 Å². The zero-order chi connectivity index (χ0) is 26.6. The van der Waals surface area contributed by atoms with Gasteiger partial charge in [-0.25, -0.2) is 4.79 Å². The summed E-state index contributed by atoms with van der Waals surface area (Å²) in [6.45, 7) is -0.442. The van der Waals surface area contributed by atoms with Gasteiger partial charge >= 0.3 is 11.9 Å². The minimum absolute atomic E-state index is 0.0242. The molecule has 0 saturated carbocycles. The summed E-state index contributed by atoms with van der Waals surface area (Å²) >= 11 is 0. The van der Waals surface area contributed by atoms with E-state index in [2.05, 4.69) is 10.1 Å². The van der Waals surface area contributed by atoms with Crippen LogP contribution in [0.1, 0.15) is 12.8 Å². The molecule has 1 saturated heterocycles. The summed E-state index contributed by atoms with van der Waals surface area (Å²) in [7, 11) is 1.84. The highest BCUT2D eigenvalue weighted by Gasteiger charge is 2.47. The van der Waals surface area contributed by atoms with Crippen LogP contribution >= 0.6 is 0 Å². The van der Waals surface area contributed by atoms with Gasteiger partial charge in [0.2, 0.25) is 5.91 Å². The van der Waals surface area contributed by atoms with Crippen LogP contribution in [0.15, 0.2) is 71.9 Å². The van der Waals surface area contributed by atoms with E-state index in [9.17, 15) is 22.8 Å². The van der Waals surface area contributed by atoms with Crippen LogP contribution in [0.2, 0.25) is 0 Å². The number of halogens is 3. The Morgan fingerprint density at radius 1 is 1.00 bits per heavy atom. The van der Waals surface area contributed by atoms with Crippen molar-refractivity contribution in [3.05, 3.63) is 77.6 Å². The van der Waals surface area contributed by atoms with Gasteiger partial charge in [0.25, 0.3) is 0 Å². The van der Waals surface area contributed by atoms with Crippen molar-refractivity contribution >= 4 is 27.8 Å². The number of nitrogens with zero attached hydrogens (tertiary/aromatic N) is 6. The third-order valence-corrected chi connectivity index (χ3v) is 7.19. The number of amides is 1. The van der Waals surface area contributed by atoms with E-state index in [1.807, 2.05) is 19.2 Å². The number of benzene rings is 2. The number of likely N-dealkylation sites (tertiary alicyclic amines) is 1. The molecule has 3 aromatic heterocycles. The number of alkyl halides is 3. The Bertz CT molecular complexity index is 1730. The summed E-state index contributed by atoms with van der Waals surface area (Å²) in [5, 5.41) is 5.25. The van der Waals surface area contributed by atoms with Crippen LogP contribution in [0.25, 0.3) is 38.8 Å². The molecule has 11 heteroatoms. The van der Waals surface area contributed by atoms with Gasteiger partial charge in [0.05, 0.1) is 34.6 Å². The molecule has 1 fully saturated rings. The lowest BCUT2D eigenvalue weighted by Crippen LogP contribution is -2.46. The average molecular weight is 521 g/mol. The molecule has 194 valence electrons. The smallest absolute Gasteiger partial charge is 0.329 e. The normalized spacial score (nSPS) is 16.1. The first-order valence-electron chi connectivity index (χ1n) is 12.2. The third kappa shape index (κ3) is 3.85. The molecule has 0 unspecified atom stereocenters. The molecule has 4 heterocycles. The first-order chi connectivity index (χ1) is 18.2. The summed E-state index contributed by atoms with van der Waals surface area (Å²) in [6, 6.07) is 12.5. The van der Waals surface area contributed by atoms with Gasteiger partial charge in [0, 0.05) is 30.7 Å². The molecule has 38 heavy (non-hydrogen) atoms. The summed E-state index contributed by atoms with van der Waals surface area (Å²) in [5.41, 5.74) is 3.78. The zero-order valence-electron chi connectivity index (χ0n) is 20.4. The number of rotatable bonds is 4. The highest BCUT2D eigenvalue weighted by atomic mass is 19.4. The van der Waals surface area contributed by atoms with E-state index in [0.29, 0.717) is 16.7 Å². The van der Waals surface area contributed by atoms with Gasteiger partial charge in [-0.15, -0.1) is 0 Å². The minimum atomic E-state index is -4.50. The lowest BCUT2D eigenvalue weighted by Gasteiger charge is -2.26. The van der Waals surface area contributed by atoms with Gasteiger partial charge in [-0.3, -0.25) is 23.6 Å². The van der Waals surface area contributed by atoms with E-state index in [1.165, 1.54) is 9.13 Å². The van der Waals surface area contributed by atoms with E-state index >= 15 is 0 Å². The van der Waals surface area contributed by atoms with Crippen molar-refractivity contribution in [2.24, 2.45) is 7.05 Å². The van der Waals surface area contributed by atoms with Gasteiger partial charge in [-0.1, -0.05) is 24.3 Å². The number of pyridine rings is 1. The Labute approximate surface area is 214 Å². The maximum atomic E-state index is 13.6. The lowest BCUT2D eigenvalue weighted by atomic mass is 10.0. The number of carbonyl (C=O) groups excluding carboxylic acids is 1. The van der Waals surface area contributed by atoms with Crippen molar-refractivity contribution in [2.45, 2.75) is 31.6 Å². The molecule has 0 aliphatic carbocycles. The molecular formula is C27H23F3N6O2. The molecule has 0 spiro atoms. The SMILES string of the molecule is Cn1ncc2c(-c3ccc(-n4c(=O)n(CC(=O)N5CCC[C@H]5C(F)(F)F)c5ccccc54)cc3)cncc21. The van der Waals surface area contributed by atoms with Crippen molar-refractivity contribution in [3.63, 3.8) is 0 Å². The Kier molecular flexibility index (Phi) is 5.59. The second-order valence-electron chi connectivity index (χ2n) is 9.41. The molecule has 0 N–H and O–H groups in total. The molecule has 6 rings (SSSR count). The molecule has 2 aromatic carbocycles. The van der Waals surface area contributed by atoms with Crippen LogP contribution in [0.3, 0.4) is 0 Å². The van der Waals surface area contributed by atoms with E-state index in [1.54, 1.807) is 59.7 Å². The summed E-state index contributed by atoms with van der Waals surface area (Å²) in [6.07, 6.45) is 0.938. The predicted molar refractivity (Wildman–Crippen MR) is 136 cm³/mol. The van der Waals surface area contributed by atoms with Crippen molar-refractivity contribution in [1.82, 2.24) is 28.8 Å². The fourth-order valence-corrected chi connectivity index (χ4v) is 5.32. The third-order valence-electron chi connectivity index (χ3n) is 7.19. The van der Waals surface area contributed by atoms with Crippen LogP contribution in [0.5, 0.6) is 0 Å². The molecule has 0 bridgehead atoms. The summed E-state index contributed by atoms with van der Waals surface area (Å²) in [5.74, 6) is -0.720. The molecule has 1 atom stereocenters. The van der Waals surface area contributed by atoms with Crippen LogP contribution < -0.4 is 5.69 Å². The van der Waals surface area contributed by atoms with Gasteiger partial charge in [0.15, 0.2) is 0 Å². The van der Waals surface area contributed by atoms with Gasteiger partial charge in [0.1, 0.15) is 12.6 Å². The van der Waals surface area contributed by atoms with E-state index in [0.717, 1.165) is 26.9 Å². The highest BCUT2D eigenvalue weighted by Crippen LogP contribution is 2.33. The van der Waals surface area contributed by atoms with Crippen molar-refractivity contribution in [2.75, 3.05) is 6.54 Å². The number of carbonyl (C=O) groups is 1. The average Bonchev–Trinajstić information content (AvgIpc) is 3.61. The largest absolute Gasteiger partial charge is 0.408 e. The number of fused-ring (bicyclic) bond motifs is 2. The second-order valence-corrected chi connectivity index (χ2v) is 9.41. The molecule has 0 radical (unpaired) electrons.